The van der Waals surface area contributed by atoms with Crippen LogP contribution in [0.2, 0.25) is 0 Å². The maximum Gasteiger partial charge on any atom is 0.134 e. The molecular formula is C11H17FN2. The third-order valence-electron chi connectivity index (χ3n) is 2.05. The fourth-order valence-corrected chi connectivity index (χ4v) is 1.46. The van der Waals surface area contributed by atoms with Crippen LogP contribution in [0.5, 0.6) is 0 Å². The minimum absolute atomic E-state index is 0.184. The fraction of sp³-hybridized carbons (Fsp3) is 0.545. The van der Waals surface area contributed by atoms with Gasteiger partial charge in [0, 0.05) is 25.9 Å². The molecule has 0 saturated carbocycles. The molecule has 2 nitrogen and oxygen atoms in total. The molecule has 1 rings (SSSR count). The number of pyridine rings is 1. The van der Waals surface area contributed by atoms with Crippen LogP contribution < -0.4 is 4.90 Å². The number of rotatable bonds is 1. The smallest absolute Gasteiger partial charge is 0.134 e. The van der Waals surface area contributed by atoms with Gasteiger partial charge in [0.1, 0.15) is 11.6 Å². The molecule has 3 heteroatoms. The van der Waals surface area contributed by atoms with E-state index in [-0.39, 0.29) is 11.2 Å². The monoisotopic (exact) mass is 196 g/mol. The van der Waals surface area contributed by atoms with Crippen LogP contribution in [0, 0.1) is 5.82 Å². The Morgan fingerprint density at radius 3 is 2.21 bits per heavy atom. The highest BCUT2D eigenvalue weighted by Gasteiger charge is 2.24. The number of hydrogen-bond acceptors (Lipinski definition) is 2. The standard InChI is InChI=1S/C11H17FN2/c1-11(2,3)9-8(12)6-7-13-10(9)14(4)5/h6-7H,1-5H3. The highest BCUT2D eigenvalue weighted by atomic mass is 19.1. The van der Waals surface area contributed by atoms with E-state index in [1.54, 1.807) is 0 Å². The molecule has 0 amide bonds. The van der Waals surface area contributed by atoms with Gasteiger partial charge in [-0.15, -0.1) is 0 Å². The van der Waals surface area contributed by atoms with E-state index >= 15 is 0 Å². The van der Waals surface area contributed by atoms with Crippen LogP contribution in [0.3, 0.4) is 0 Å². The maximum atomic E-state index is 13.6. The molecule has 0 unspecified atom stereocenters. The Bertz CT molecular complexity index is 327. The van der Waals surface area contributed by atoms with E-state index in [0.29, 0.717) is 11.4 Å². The first kappa shape index (κ1) is 11.0. The predicted octanol–water partition coefficient (Wildman–Crippen LogP) is 2.58. The summed E-state index contributed by atoms with van der Waals surface area (Å²) in [5, 5.41) is 0. The minimum atomic E-state index is -0.224. The van der Waals surface area contributed by atoms with Gasteiger partial charge < -0.3 is 4.90 Å². The third kappa shape index (κ3) is 2.03. The topological polar surface area (TPSA) is 16.1 Å². The van der Waals surface area contributed by atoms with Gasteiger partial charge in [-0.2, -0.15) is 0 Å². The van der Waals surface area contributed by atoms with Crippen molar-refractivity contribution in [3.8, 4) is 0 Å². The zero-order valence-corrected chi connectivity index (χ0v) is 9.43. The van der Waals surface area contributed by atoms with Crippen molar-refractivity contribution in [2.75, 3.05) is 19.0 Å². The van der Waals surface area contributed by atoms with Crippen molar-refractivity contribution in [2.45, 2.75) is 26.2 Å². The highest BCUT2D eigenvalue weighted by molar-refractivity contribution is 5.49. The van der Waals surface area contributed by atoms with E-state index in [1.807, 2.05) is 39.8 Å². The second kappa shape index (κ2) is 3.56. The van der Waals surface area contributed by atoms with Gasteiger partial charge in [-0.3, -0.25) is 0 Å². The molecule has 78 valence electrons. The molecule has 0 aliphatic rings. The number of nitrogens with zero attached hydrogens (tertiary/aromatic N) is 2. The van der Waals surface area contributed by atoms with Gasteiger partial charge in [0.05, 0.1) is 0 Å². The van der Waals surface area contributed by atoms with Crippen LogP contribution in [0.15, 0.2) is 12.3 Å². The summed E-state index contributed by atoms with van der Waals surface area (Å²) in [5.74, 6) is 0.522. The predicted molar refractivity (Wildman–Crippen MR) is 57.2 cm³/mol. The molecule has 1 heterocycles. The summed E-state index contributed by atoms with van der Waals surface area (Å²) in [4.78, 5) is 6.03. The lowest BCUT2D eigenvalue weighted by molar-refractivity contribution is 0.519. The van der Waals surface area contributed by atoms with Crippen LogP contribution in [-0.4, -0.2) is 19.1 Å². The molecule has 0 atom stereocenters. The molecule has 14 heavy (non-hydrogen) atoms. The summed E-state index contributed by atoms with van der Waals surface area (Å²) in [7, 11) is 3.74. The van der Waals surface area contributed by atoms with Crippen LogP contribution in [0.25, 0.3) is 0 Å². The Morgan fingerprint density at radius 1 is 1.29 bits per heavy atom. The molecular weight excluding hydrogens is 179 g/mol. The second-order valence-corrected chi connectivity index (χ2v) is 4.64. The molecule has 0 fully saturated rings. The van der Waals surface area contributed by atoms with Gasteiger partial charge in [0.2, 0.25) is 0 Å². The lowest BCUT2D eigenvalue weighted by Gasteiger charge is -2.25. The molecule has 0 aliphatic heterocycles. The van der Waals surface area contributed by atoms with E-state index in [4.69, 9.17) is 0 Å². The number of anilines is 1. The quantitative estimate of drug-likeness (QED) is 0.686. The van der Waals surface area contributed by atoms with E-state index < -0.39 is 0 Å². The number of hydrogen-bond donors (Lipinski definition) is 0. The molecule has 1 aromatic rings. The molecule has 0 saturated heterocycles. The van der Waals surface area contributed by atoms with Crippen molar-refractivity contribution >= 4 is 5.82 Å². The molecule has 0 aromatic carbocycles. The Balaban J connectivity index is 3.38. The van der Waals surface area contributed by atoms with Crippen LogP contribution in [0.1, 0.15) is 26.3 Å². The normalized spacial score (nSPS) is 11.6. The summed E-state index contributed by atoms with van der Waals surface area (Å²) in [5.41, 5.74) is 0.447. The second-order valence-electron chi connectivity index (χ2n) is 4.64. The van der Waals surface area contributed by atoms with Crippen molar-refractivity contribution < 1.29 is 4.39 Å². The average Bonchev–Trinajstić information content (AvgIpc) is 2.01. The van der Waals surface area contributed by atoms with Gasteiger partial charge >= 0.3 is 0 Å². The Hall–Kier alpha value is -1.12. The largest absolute Gasteiger partial charge is 0.362 e. The van der Waals surface area contributed by atoms with Gasteiger partial charge in [-0.1, -0.05) is 20.8 Å². The summed E-state index contributed by atoms with van der Waals surface area (Å²) in [6, 6.07) is 1.41. The summed E-state index contributed by atoms with van der Waals surface area (Å²) in [6.45, 7) is 5.96. The van der Waals surface area contributed by atoms with Crippen molar-refractivity contribution in [3.63, 3.8) is 0 Å². The Kier molecular flexibility index (Phi) is 2.79. The van der Waals surface area contributed by atoms with Crippen molar-refractivity contribution in [2.24, 2.45) is 0 Å². The van der Waals surface area contributed by atoms with E-state index in [9.17, 15) is 4.39 Å². The zero-order valence-electron chi connectivity index (χ0n) is 9.43. The van der Waals surface area contributed by atoms with Crippen molar-refractivity contribution in [1.29, 1.82) is 0 Å². The zero-order chi connectivity index (χ0) is 10.9. The molecule has 0 spiro atoms. The van der Waals surface area contributed by atoms with E-state index in [0.717, 1.165) is 0 Å². The molecule has 0 radical (unpaired) electrons. The van der Waals surface area contributed by atoms with Gasteiger partial charge in [-0.05, 0) is 11.5 Å². The van der Waals surface area contributed by atoms with Gasteiger partial charge in [0.25, 0.3) is 0 Å². The van der Waals surface area contributed by atoms with Crippen molar-refractivity contribution in [1.82, 2.24) is 4.98 Å². The summed E-state index contributed by atoms with van der Waals surface area (Å²) < 4.78 is 13.6. The summed E-state index contributed by atoms with van der Waals surface area (Å²) >= 11 is 0. The summed E-state index contributed by atoms with van der Waals surface area (Å²) in [6.07, 6.45) is 1.50. The first-order chi connectivity index (χ1) is 6.34. The number of aromatic nitrogens is 1. The van der Waals surface area contributed by atoms with Crippen molar-refractivity contribution in [3.05, 3.63) is 23.6 Å². The molecule has 0 aliphatic carbocycles. The lowest BCUT2D eigenvalue weighted by atomic mass is 9.86. The SMILES string of the molecule is CN(C)c1nccc(F)c1C(C)(C)C. The molecule has 1 aromatic heterocycles. The average molecular weight is 196 g/mol. The lowest BCUT2D eigenvalue weighted by Crippen LogP contribution is -2.22. The van der Waals surface area contributed by atoms with E-state index in [1.165, 1.54) is 12.3 Å². The fourth-order valence-electron chi connectivity index (χ4n) is 1.46. The molecule has 0 N–H and O–H groups in total. The number of halogens is 1. The highest BCUT2D eigenvalue weighted by Crippen LogP contribution is 2.31. The first-order valence-corrected chi connectivity index (χ1v) is 4.66. The Morgan fingerprint density at radius 2 is 1.86 bits per heavy atom. The third-order valence-corrected chi connectivity index (χ3v) is 2.05. The van der Waals surface area contributed by atoms with Gasteiger partial charge in [0.15, 0.2) is 0 Å². The van der Waals surface area contributed by atoms with Crippen LogP contribution in [-0.2, 0) is 5.41 Å². The minimum Gasteiger partial charge on any atom is -0.362 e. The van der Waals surface area contributed by atoms with E-state index in [2.05, 4.69) is 4.98 Å². The first-order valence-electron chi connectivity index (χ1n) is 4.66. The Labute approximate surface area is 84.8 Å². The van der Waals surface area contributed by atoms with Gasteiger partial charge in [-0.25, -0.2) is 9.37 Å². The van der Waals surface area contributed by atoms with Crippen LogP contribution in [0.4, 0.5) is 10.2 Å². The van der Waals surface area contributed by atoms with Crippen LogP contribution >= 0.6 is 0 Å². The molecule has 0 bridgehead atoms. The maximum absolute atomic E-state index is 13.6.